The highest BCUT2D eigenvalue weighted by Gasteiger charge is 2.01. The van der Waals surface area contributed by atoms with E-state index >= 15 is 0 Å². The molecular formula is C10H14N4. The number of aryl methyl sites for hydroxylation is 1. The molecular weight excluding hydrogens is 176 g/mol. The van der Waals surface area contributed by atoms with Gasteiger partial charge in [-0.3, -0.25) is 0 Å². The van der Waals surface area contributed by atoms with Crippen LogP contribution in [0.4, 0.5) is 0 Å². The zero-order valence-electron chi connectivity index (χ0n) is 8.35. The van der Waals surface area contributed by atoms with Crippen LogP contribution in [0.2, 0.25) is 0 Å². The van der Waals surface area contributed by atoms with E-state index in [4.69, 9.17) is 0 Å². The van der Waals surface area contributed by atoms with Crippen molar-refractivity contribution in [2.24, 2.45) is 0 Å². The Morgan fingerprint density at radius 2 is 2.21 bits per heavy atom. The van der Waals surface area contributed by atoms with E-state index < -0.39 is 0 Å². The van der Waals surface area contributed by atoms with E-state index in [-0.39, 0.29) is 0 Å². The highest BCUT2D eigenvalue weighted by Crippen LogP contribution is 2.06. The standard InChI is InChI=1S/C10H14N4/c1-2-3-4-5-9-6-7-11-10-12-8-13-14(9)10/h6-8H,2-5H2,1H3. The fraction of sp³-hybridized carbons (Fsp3) is 0.500. The smallest absolute Gasteiger partial charge is 0.220 e. The van der Waals surface area contributed by atoms with Gasteiger partial charge in [0.2, 0.25) is 0 Å². The summed E-state index contributed by atoms with van der Waals surface area (Å²) < 4.78 is 1.82. The van der Waals surface area contributed by atoms with Gasteiger partial charge in [-0.05, 0) is 18.9 Å². The number of unbranched alkanes of at least 4 members (excludes halogenated alkanes) is 2. The molecule has 4 nitrogen and oxygen atoms in total. The maximum atomic E-state index is 4.14. The molecule has 0 aliphatic carbocycles. The van der Waals surface area contributed by atoms with Gasteiger partial charge in [-0.25, -0.2) is 9.50 Å². The second-order valence-corrected chi connectivity index (χ2v) is 3.37. The monoisotopic (exact) mass is 190 g/mol. The van der Waals surface area contributed by atoms with E-state index in [1.54, 1.807) is 12.5 Å². The molecule has 0 radical (unpaired) electrons. The first-order valence-electron chi connectivity index (χ1n) is 5.05. The summed E-state index contributed by atoms with van der Waals surface area (Å²) in [5.74, 6) is 0.694. The van der Waals surface area contributed by atoms with Crippen LogP contribution in [0.25, 0.3) is 5.78 Å². The van der Waals surface area contributed by atoms with Crippen LogP contribution >= 0.6 is 0 Å². The first-order valence-corrected chi connectivity index (χ1v) is 5.05. The van der Waals surface area contributed by atoms with E-state index in [2.05, 4.69) is 22.0 Å². The Morgan fingerprint density at radius 3 is 3.07 bits per heavy atom. The predicted molar refractivity (Wildman–Crippen MR) is 54.0 cm³/mol. The zero-order chi connectivity index (χ0) is 9.80. The van der Waals surface area contributed by atoms with Crippen molar-refractivity contribution in [1.29, 1.82) is 0 Å². The summed E-state index contributed by atoms with van der Waals surface area (Å²) in [6, 6.07) is 2.01. The van der Waals surface area contributed by atoms with Gasteiger partial charge in [-0.15, -0.1) is 0 Å². The number of aromatic nitrogens is 4. The second kappa shape index (κ2) is 4.17. The molecule has 74 valence electrons. The van der Waals surface area contributed by atoms with Crippen molar-refractivity contribution in [1.82, 2.24) is 19.6 Å². The lowest BCUT2D eigenvalue weighted by Crippen LogP contribution is -2.00. The van der Waals surface area contributed by atoms with Gasteiger partial charge < -0.3 is 0 Å². The first-order chi connectivity index (χ1) is 6.92. The largest absolute Gasteiger partial charge is 0.252 e. The molecule has 0 bridgehead atoms. The van der Waals surface area contributed by atoms with Crippen molar-refractivity contribution in [3.05, 3.63) is 24.3 Å². The van der Waals surface area contributed by atoms with Crippen molar-refractivity contribution in [3.63, 3.8) is 0 Å². The second-order valence-electron chi connectivity index (χ2n) is 3.37. The molecule has 0 saturated carbocycles. The van der Waals surface area contributed by atoms with E-state index in [1.165, 1.54) is 25.0 Å². The van der Waals surface area contributed by atoms with Crippen molar-refractivity contribution < 1.29 is 0 Å². The third-order valence-electron chi connectivity index (χ3n) is 2.30. The van der Waals surface area contributed by atoms with Crippen LogP contribution < -0.4 is 0 Å². The summed E-state index contributed by atoms with van der Waals surface area (Å²) >= 11 is 0. The Morgan fingerprint density at radius 1 is 1.29 bits per heavy atom. The van der Waals surface area contributed by atoms with Gasteiger partial charge in [0.1, 0.15) is 6.33 Å². The Kier molecular flexibility index (Phi) is 2.72. The summed E-state index contributed by atoms with van der Waals surface area (Å²) in [5.41, 5.74) is 1.20. The Labute approximate surface area is 83.0 Å². The van der Waals surface area contributed by atoms with Crippen LogP contribution in [-0.2, 0) is 6.42 Å². The number of nitrogens with zero attached hydrogens (tertiary/aromatic N) is 4. The molecule has 14 heavy (non-hydrogen) atoms. The summed E-state index contributed by atoms with van der Waals surface area (Å²) in [5, 5.41) is 4.14. The molecule has 0 fully saturated rings. The summed E-state index contributed by atoms with van der Waals surface area (Å²) in [6.07, 6.45) is 8.10. The minimum absolute atomic E-state index is 0.694. The van der Waals surface area contributed by atoms with E-state index in [0.717, 1.165) is 6.42 Å². The fourth-order valence-corrected chi connectivity index (χ4v) is 1.53. The molecule has 0 atom stereocenters. The third-order valence-corrected chi connectivity index (χ3v) is 2.30. The van der Waals surface area contributed by atoms with Crippen LogP contribution in [0.3, 0.4) is 0 Å². The quantitative estimate of drug-likeness (QED) is 0.691. The number of rotatable bonds is 4. The average Bonchev–Trinajstić information content (AvgIpc) is 2.67. The van der Waals surface area contributed by atoms with Crippen LogP contribution in [0.5, 0.6) is 0 Å². The van der Waals surface area contributed by atoms with Crippen molar-refractivity contribution in [2.75, 3.05) is 0 Å². The van der Waals surface area contributed by atoms with Crippen LogP contribution in [0, 0.1) is 0 Å². The third kappa shape index (κ3) is 1.73. The predicted octanol–water partition coefficient (Wildman–Crippen LogP) is 1.86. The van der Waals surface area contributed by atoms with Gasteiger partial charge in [0.05, 0.1) is 0 Å². The van der Waals surface area contributed by atoms with Gasteiger partial charge in [0, 0.05) is 11.9 Å². The zero-order valence-corrected chi connectivity index (χ0v) is 8.35. The van der Waals surface area contributed by atoms with Gasteiger partial charge >= 0.3 is 0 Å². The molecule has 0 aromatic carbocycles. The Balaban J connectivity index is 2.19. The number of hydrogen-bond acceptors (Lipinski definition) is 3. The molecule has 0 N–H and O–H groups in total. The Bertz CT molecular complexity index is 407. The Hall–Kier alpha value is -1.45. The molecule has 0 aliphatic rings. The molecule has 0 unspecified atom stereocenters. The average molecular weight is 190 g/mol. The summed E-state index contributed by atoms with van der Waals surface area (Å²) in [4.78, 5) is 8.17. The molecule has 0 saturated heterocycles. The topological polar surface area (TPSA) is 43.1 Å². The van der Waals surface area contributed by atoms with E-state index in [0.29, 0.717) is 5.78 Å². The maximum absolute atomic E-state index is 4.14. The molecule has 4 heteroatoms. The summed E-state index contributed by atoms with van der Waals surface area (Å²) in [7, 11) is 0. The minimum atomic E-state index is 0.694. The lowest BCUT2D eigenvalue weighted by Gasteiger charge is -2.01. The molecule has 2 aromatic rings. The molecule has 0 aliphatic heterocycles. The summed E-state index contributed by atoms with van der Waals surface area (Å²) in [6.45, 7) is 2.21. The van der Waals surface area contributed by atoms with Crippen LogP contribution in [-0.4, -0.2) is 19.6 Å². The van der Waals surface area contributed by atoms with Crippen LogP contribution in [0.15, 0.2) is 18.6 Å². The van der Waals surface area contributed by atoms with Crippen molar-refractivity contribution in [3.8, 4) is 0 Å². The lowest BCUT2D eigenvalue weighted by molar-refractivity contribution is 0.688. The van der Waals surface area contributed by atoms with Gasteiger partial charge in [-0.2, -0.15) is 10.1 Å². The van der Waals surface area contributed by atoms with E-state index in [9.17, 15) is 0 Å². The number of fused-ring (bicyclic) bond motifs is 1. The number of hydrogen-bond donors (Lipinski definition) is 0. The highest BCUT2D eigenvalue weighted by molar-refractivity contribution is 5.26. The minimum Gasteiger partial charge on any atom is -0.220 e. The van der Waals surface area contributed by atoms with Crippen molar-refractivity contribution >= 4 is 5.78 Å². The molecule has 2 aromatic heterocycles. The van der Waals surface area contributed by atoms with Gasteiger partial charge in [0.15, 0.2) is 0 Å². The normalized spacial score (nSPS) is 10.9. The van der Waals surface area contributed by atoms with Gasteiger partial charge in [0.25, 0.3) is 5.78 Å². The first kappa shape index (κ1) is 9.12. The van der Waals surface area contributed by atoms with Crippen molar-refractivity contribution in [2.45, 2.75) is 32.6 Å². The van der Waals surface area contributed by atoms with E-state index in [1.807, 2.05) is 10.6 Å². The van der Waals surface area contributed by atoms with Crippen LogP contribution in [0.1, 0.15) is 31.9 Å². The fourth-order valence-electron chi connectivity index (χ4n) is 1.53. The highest BCUT2D eigenvalue weighted by atomic mass is 15.3. The SMILES string of the molecule is CCCCCc1ccnc2ncnn12. The molecule has 2 rings (SSSR count). The molecule has 2 heterocycles. The molecule has 0 spiro atoms. The maximum Gasteiger partial charge on any atom is 0.252 e. The lowest BCUT2D eigenvalue weighted by atomic mass is 10.1. The molecule has 0 amide bonds. The van der Waals surface area contributed by atoms with Gasteiger partial charge in [-0.1, -0.05) is 19.8 Å².